The summed E-state index contributed by atoms with van der Waals surface area (Å²) >= 11 is 1.34. The van der Waals surface area contributed by atoms with E-state index in [4.69, 9.17) is 0 Å². The number of carbonyl (C=O) groups excluding carboxylic acids is 1. The molecule has 1 amide bonds. The normalized spacial score (nSPS) is 15.2. The number of rotatable bonds is 5. The summed E-state index contributed by atoms with van der Waals surface area (Å²) in [5.41, 5.74) is 2.33. The number of fused-ring (bicyclic) bond motifs is 1. The predicted molar refractivity (Wildman–Crippen MR) is 94.0 cm³/mol. The highest BCUT2D eigenvalue weighted by Gasteiger charge is 2.26. The molecule has 0 bridgehead atoms. The van der Waals surface area contributed by atoms with E-state index in [2.05, 4.69) is 22.3 Å². The molecule has 0 radical (unpaired) electrons. The van der Waals surface area contributed by atoms with Gasteiger partial charge in [-0.25, -0.2) is 9.89 Å². The molecule has 0 aliphatic carbocycles. The van der Waals surface area contributed by atoms with Crippen molar-refractivity contribution < 1.29 is 4.79 Å². The van der Waals surface area contributed by atoms with Gasteiger partial charge in [0, 0.05) is 19.6 Å². The quantitative estimate of drug-likeness (QED) is 0.841. The lowest BCUT2D eigenvalue weighted by Crippen LogP contribution is -2.40. The number of nitrogens with zero attached hydrogens (tertiary/aromatic N) is 3. The van der Waals surface area contributed by atoms with Crippen LogP contribution in [0, 0.1) is 0 Å². The molecule has 0 spiro atoms. The van der Waals surface area contributed by atoms with E-state index in [-0.39, 0.29) is 16.8 Å². The lowest BCUT2D eigenvalue weighted by atomic mass is 10.00. The Morgan fingerprint density at radius 1 is 1.38 bits per heavy atom. The first-order valence-electron chi connectivity index (χ1n) is 8.27. The summed E-state index contributed by atoms with van der Waals surface area (Å²) in [6.45, 7) is 5.89. The third-order valence-corrected chi connectivity index (χ3v) is 5.32. The van der Waals surface area contributed by atoms with E-state index in [1.807, 2.05) is 30.9 Å². The van der Waals surface area contributed by atoms with Gasteiger partial charge in [0.25, 0.3) is 0 Å². The van der Waals surface area contributed by atoms with Gasteiger partial charge in [-0.2, -0.15) is 0 Å². The standard InChI is InChI=1S/C17H22N4O2S/c1-3-9-21-16(23)18-19-17(21)24-12(2)15(22)20-10-8-13-6-4-5-7-14(13)11-20/h4-7,12H,3,8-11H2,1-2H3,(H,18,23)/t12-/m1/s1. The molecule has 1 N–H and O–H groups in total. The molecule has 1 aromatic heterocycles. The Hall–Kier alpha value is -2.02. The zero-order valence-corrected chi connectivity index (χ0v) is 14.8. The first-order chi connectivity index (χ1) is 11.6. The molecule has 2 heterocycles. The second kappa shape index (κ2) is 7.25. The first-order valence-corrected chi connectivity index (χ1v) is 9.15. The highest BCUT2D eigenvalue weighted by Crippen LogP contribution is 2.25. The average Bonchev–Trinajstić information content (AvgIpc) is 2.94. The molecular weight excluding hydrogens is 324 g/mol. The van der Waals surface area contributed by atoms with Gasteiger partial charge in [0.1, 0.15) is 0 Å². The van der Waals surface area contributed by atoms with Crippen LogP contribution in [0.15, 0.2) is 34.2 Å². The summed E-state index contributed by atoms with van der Waals surface area (Å²) in [5, 5.41) is 6.83. The zero-order chi connectivity index (χ0) is 17.1. The molecule has 0 saturated carbocycles. The molecule has 1 aromatic carbocycles. The molecule has 24 heavy (non-hydrogen) atoms. The second-order valence-corrected chi connectivity index (χ2v) is 7.31. The number of H-pyrrole nitrogens is 1. The lowest BCUT2D eigenvalue weighted by molar-refractivity contribution is -0.131. The van der Waals surface area contributed by atoms with Crippen LogP contribution in [-0.2, 0) is 24.3 Å². The Kier molecular flexibility index (Phi) is 5.08. The minimum Gasteiger partial charge on any atom is -0.337 e. The van der Waals surface area contributed by atoms with Crippen LogP contribution in [0.2, 0.25) is 0 Å². The SMILES string of the molecule is CCCn1c(S[C@H](C)C(=O)N2CCc3ccccc3C2)n[nH]c1=O. The van der Waals surface area contributed by atoms with Crippen LogP contribution in [0.1, 0.15) is 31.4 Å². The highest BCUT2D eigenvalue weighted by molar-refractivity contribution is 8.00. The van der Waals surface area contributed by atoms with Crippen molar-refractivity contribution in [1.82, 2.24) is 19.7 Å². The Morgan fingerprint density at radius 2 is 2.12 bits per heavy atom. The van der Waals surface area contributed by atoms with Gasteiger partial charge in [0.2, 0.25) is 5.91 Å². The Balaban J connectivity index is 1.69. The van der Waals surface area contributed by atoms with Crippen molar-refractivity contribution in [3.63, 3.8) is 0 Å². The zero-order valence-electron chi connectivity index (χ0n) is 14.0. The van der Waals surface area contributed by atoms with Crippen LogP contribution in [0.4, 0.5) is 0 Å². The molecule has 2 aromatic rings. The van der Waals surface area contributed by atoms with Gasteiger partial charge in [-0.15, -0.1) is 5.10 Å². The minimum absolute atomic E-state index is 0.0907. The molecule has 1 aliphatic heterocycles. The predicted octanol–water partition coefficient (Wildman–Crippen LogP) is 2.05. The fraction of sp³-hybridized carbons (Fsp3) is 0.471. The molecule has 0 unspecified atom stereocenters. The number of nitrogens with one attached hydrogen (secondary N) is 1. The van der Waals surface area contributed by atoms with Crippen molar-refractivity contribution in [3.05, 3.63) is 45.9 Å². The third-order valence-electron chi connectivity index (χ3n) is 4.24. The number of benzene rings is 1. The van der Waals surface area contributed by atoms with Crippen molar-refractivity contribution in [2.75, 3.05) is 6.54 Å². The molecule has 0 fully saturated rings. The molecular formula is C17H22N4O2S. The Bertz CT molecular complexity index is 783. The van der Waals surface area contributed by atoms with E-state index in [1.54, 1.807) is 4.57 Å². The Morgan fingerprint density at radius 3 is 2.88 bits per heavy atom. The van der Waals surface area contributed by atoms with Crippen LogP contribution < -0.4 is 5.69 Å². The van der Waals surface area contributed by atoms with E-state index in [0.717, 1.165) is 19.4 Å². The number of aromatic amines is 1. The van der Waals surface area contributed by atoms with E-state index >= 15 is 0 Å². The van der Waals surface area contributed by atoms with Crippen molar-refractivity contribution in [1.29, 1.82) is 0 Å². The molecule has 6 nitrogen and oxygen atoms in total. The lowest BCUT2D eigenvalue weighted by Gasteiger charge is -2.30. The van der Waals surface area contributed by atoms with Crippen LogP contribution in [0.5, 0.6) is 0 Å². The van der Waals surface area contributed by atoms with E-state index in [9.17, 15) is 9.59 Å². The van der Waals surface area contributed by atoms with Gasteiger partial charge < -0.3 is 4.90 Å². The smallest absolute Gasteiger partial charge is 0.337 e. The van der Waals surface area contributed by atoms with E-state index < -0.39 is 0 Å². The second-order valence-electron chi connectivity index (χ2n) is 6.00. The van der Waals surface area contributed by atoms with E-state index in [0.29, 0.717) is 18.2 Å². The molecule has 7 heteroatoms. The topological polar surface area (TPSA) is 71.0 Å². The number of hydrogen-bond donors (Lipinski definition) is 1. The number of aromatic nitrogens is 3. The van der Waals surface area contributed by atoms with Gasteiger partial charge >= 0.3 is 5.69 Å². The maximum Gasteiger partial charge on any atom is 0.343 e. The summed E-state index contributed by atoms with van der Waals surface area (Å²) in [5.74, 6) is 0.0907. The summed E-state index contributed by atoms with van der Waals surface area (Å²) in [7, 11) is 0. The number of amides is 1. The molecule has 128 valence electrons. The minimum atomic E-state index is -0.277. The Labute approximate surface area is 145 Å². The fourth-order valence-electron chi connectivity index (χ4n) is 2.96. The fourth-order valence-corrected chi connectivity index (χ4v) is 3.93. The van der Waals surface area contributed by atoms with Gasteiger partial charge in [-0.3, -0.25) is 9.36 Å². The number of hydrogen-bond acceptors (Lipinski definition) is 4. The third kappa shape index (κ3) is 3.40. The van der Waals surface area contributed by atoms with Gasteiger partial charge in [-0.05, 0) is 30.9 Å². The summed E-state index contributed by atoms with van der Waals surface area (Å²) < 4.78 is 1.60. The highest BCUT2D eigenvalue weighted by atomic mass is 32.2. The monoisotopic (exact) mass is 346 g/mol. The molecule has 0 saturated heterocycles. The van der Waals surface area contributed by atoms with Crippen LogP contribution in [0.25, 0.3) is 0 Å². The molecule has 1 atom stereocenters. The largest absolute Gasteiger partial charge is 0.343 e. The van der Waals surface area contributed by atoms with Crippen LogP contribution in [-0.4, -0.2) is 37.4 Å². The van der Waals surface area contributed by atoms with Crippen molar-refractivity contribution in [2.45, 2.75) is 50.2 Å². The van der Waals surface area contributed by atoms with Gasteiger partial charge in [-0.1, -0.05) is 43.0 Å². The van der Waals surface area contributed by atoms with Crippen molar-refractivity contribution in [2.24, 2.45) is 0 Å². The van der Waals surface area contributed by atoms with Crippen molar-refractivity contribution >= 4 is 17.7 Å². The van der Waals surface area contributed by atoms with E-state index in [1.165, 1.54) is 22.9 Å². The average molecular weight is 346 g/mol. The molecule has 3 rings (SSSR count). The first kappa shape index (κ1) is 16.8. The van der Waals surface area contributed by atoms with Crippen LogP contribution >= 0.6 is 11.8 Å². The number of thioether (sulfide) groups is 1. The summed E-state index contributed by atoms with van der Waals surface area (Å²) in [6, 6.07) is 8.26. The summed E-state index contributed by atoms with van der Waals surface area (Å²) in [4.78, 5) is 26.4. The summed E-state index contributed by atoms with van der Waals surface area (Å²) in [6.07, 6.45) is 1.74. The van der Waals surface area contributed by atoms with Crippen molar-refractivity contribution in [3.8, 4) is 0 Å². The maximum absolute atomic E-state index is 12.8. The maximum atomic E-state index is 12.8. The number of carbonyl (C=O) groups is 1. The van der Waals surface area contributed by atoms with Gasteiger partial charge in [0.05, 0.1) is 5.25 Å². The van der Waals surface area contributed by atoms with Gasteiger partial charge in [0.15, 0.2) is 5.16 Å². The van der Waals surface area contributed by atoms with Crippen LogP contribution in [0.3, 0.4) is 0 Å². The molecule has 1 aliphatic rings.